The first kappa shape index (κ1) is 19.0. The fraction of sp³-hybridized carbons (Fsp3) is 0.120. The molecule has 2 aromatic heterocycles. The van der Waals surface area contributed by atoms with E-state index in [1.54, 1.807) is 11.3 Å². The summed E-state index contributed by atoms with van der Waals surface area (Å²) < 4.78 is 4.69. The van der Waals surface area contributed by atoms with Gasteiger partial charge in [-0.2, -0.15) is 0 Å². The number of hydrogen-bond acceptors (Lipinski definition) is 3. The third-order valence-corrected chi connectivity index (χ3v) is 6.95. The van der Waals surface area contributed by atoms with Crippen LogP contribution in [0.4, 0.5) is 0 Å². The highest BCUT2D eigenvalue weighted by Gasteiger charge is 2.18. The van der Waals surface area contributed by atoms with Gasteiger partial charge >= 0.3 is 0 Å². The van der Waals surface area contributed by atoms with Crippen molar-refractivity contribution >= 4 is 40.1 Å². The minimum Gasteiger partial charge on any atom is -0.288 e. The molecule has 0 N–H and O–H groups in total. The quantitative estimate of drug-likeness (QED) is 0.312. The molecule has 0 aliphatic carbocycles. The predicted molar refractivity (Wildman–Crippen MR) is 128 cm³/mol. The highest BCUT2D eigenvalue weighted by Crippen LogP contribution is 2.34. The van der Waals surface area contributed by atoms with Crippen LogP contribution >= 0.6 is 23.6 Å². The van der Waals surface area contributed by atoms with E-state index in [0.29, 0.717) is 11.9 Å². The molecule has 0 amide bonds. The van der Waals surface area contributed by atoms with E-state index in [1.165, 1.54) is 11.1 Å². The van der Waals surface area contributed by atoms with Gasteiger partial charge in [0, 0.05) is 0 Å². The average molecular weight is 429 g/mol. The van der Waals surface area contributed by atoms with Crippen molar-refractivity contribution in [2.75, 3.05) is 0 Å². The summed E-state index contributed by atoms with van der Waals surface area (Å²) >= 11 is 7.35. The van der Waals surface area contributed by atoms with Gasteiger partial charge in [-0.3, -0.25) is 13.8 Å². The maximum Gasteiger partial charge on any atom is 0.261 e. The molecule has 0 aliphatic rings. The molecular formula is C25H20N2OS2. The van der Waals surface area contributed by atoms with Crippen LogP contribution in [0.5, 0.6) is 0 Å². The summed E-state index contributed by atoms with van der Waals surface area (Å²) in [6.45, 7) is 4.67. The first-order chi connectivity index (χ1) is 14.5. The smallest absolute Gasteiger partial charge is 0.261 e. The lowest BCUT2D eigenvalue weighted by molar-refractivity contribution is 0.776. The van der Waals surface area contributed by atoms with Crippen LogP contribution in [0.2, 0.25) is 0 Å². The van der Waals surface area contributed by atoms with E-state index in [9.17, 15) is 4.79 Å². The Hall–Kier alpha value is -3.02. The van der Waals surface area contributed by atoms with Crippen LogP contribution in [0.1, 0.15) is 16.7 Å². The van der Waals surface area contributed by atoms with Crippen molar-refractivity contribution in [3.05, 3.63) is 104 Å². The molecule has 148 valence electrons. The Morgan fingerprint density at radius 1 is 0.933 bits per heavy atom. The number of nitrogens with zero attached hydrogens (tertiary/aromatic N) is 2. The van der Waals surface area contributed by atoms with Crippen molar-refractivity contribution in [2.24, 2.45) is 0 Å². The van der Waals surface area contributed by atoms with Crippen LogP contribution in [-0.2, 0) is 6.54 Å². The second-order valence-corrected chi connectivity index (χ2v) is 9.20. The van der Waals surface area contributed by atoms with Gasteiger partial charge in [-0.05, 0) is 54.9 Å². The molecule has 30 heavy (non-hydrogen) atoms. The number of fused-ring (bicyclic) bond motifs is 3. The fourth-order valence-corrected chi connectivity index (χ4v) is 5.42. The van der Waals surface area contributed by atoms with Crippen molar-refractivity contribution < 1.29 is 0 Å². The second-order valence-electron chi connectivity index (χ2n) is 7.56. The molecule has 0 saturated heterocycles. The van der Waals surface area contributed by atoms with E-state index in [4.69, 9.17) is 12.2 Å². The maximum atomic E-state index is 13.6. The summed E-state index contributed by atoms with van der Waals surface area (Å²) in [6, 6.07) is 24.3. The number of hydrogen-bond donors (Lipinski definition) is 0. The van der Waals surface area contributed by atoms with E-state index in [-0.39, 0.29) is 5.56 Å². The number of aryl methyl sites for hydroxylation is 2. The van der Waals surface area contributed by atoms with Gasteiger partial charge in [0.2, 0.25) is 0 Å². The first-order valence-corrected chi connectivity index (χ1v) is 11.1. The largest absolute Gasteiger partial charge is 0.288 e. The Labute approximate surface area is 183 Å². The third-order valence-electron chi connectivity index (χ3n) is 5.53. The summed E-state index contributed by atoms with van der Waals surface area (Å²) in [6.07, 6.45) is 0. The summed E-state index contributed by atoms with van der Waals surface area (Å²) in [5.74, 6) is 0. The van der Waals surface area contributed by atoms with Crippen molar-refractivity contribution in [2.45, 2.75) is 20.4 Å². The van der Waals surface area contributed by atoms with E-state index < -0.39 is 0 Å². The summed E-state index contributed by atoms with van der Waals surface area (Å²) in [5.41, 5.74) is 6.29. The molecule has 0 spiro atoms. The van der Waals surface area contributed by atoms with E-state index >= 15 is 0 Å². The molecule has 5 aromatic rings. The molecule has 0 saturated carbocycles. The van der Waals surface area contributed by atoms with Crippen LogP contribution in [0, 0.1) is 17.8 Å². The van der Waals surface area contributed by atoms with Crippen LogP contribution in [0.25, 0.3) is 27.0 Å². The van der Waals surface area contributed by atoms with Crippen LogP contribution in [0.15, 0.2) is 77.6 Å². The Kier molecular flexibility index (Phi) is 4.65. The van der Waals surface area contributed by atoms with Gasteiger partial charge in [-0.1, -0.05) is 66.2 Å². The van der Waals surface area contributed by atoms with Crippen molar-refractivity contribution in [1.29, 1.82) is 0 Å². The molecule has 0 atom stereocenters. The molecule has 0 unspecified atom stereocenters. The maximum absolute atomic E-state index is 13.6. The molecule has 2 heterocycles. The Balaban J connectivity index is 1.93. The Morgan fingerprint density at radius 2 is 1.70 bits per heavy atom. The highest BCUT2D eigenvalue weighted by molar-refractivity contribution is 7.73. The van der Waals surface area contributed by atoms with E-state index in [0.717, 1.165) is 31.1 Å². The zero-order valence-electron chi connectivity index (χ0n) is 16.8. The lowest BCUT2D eigenvalue weighted by Crippen LogP contribution is -2.24. The second kappa shape index (κ2) is 7.35. The van der Waals surface area contributed by atoms with Gasteiger partial charge in [-0.25, -0.2) is 0 Å². The van der Waals surface area contributed by atoms with Crippen LogP contribution < -0.4 is 5.56 Å². The van der Waals surface area contributed by atoms with Crippen molar-refractivity contribution in [3.8, 4) is 10.4 Å². The van der Waals surface area contributed by atoms with Gasteiger partial charge in [0.25, 0.3) is 5.56 Å². The average Bonchev–Trinajstić information content (AvgIpc) is 3.10. The van der Waals surface area contributed by atoms with Crippen molar-refractivity contribution in [1.82, 2.24) is 8.97 Å². The zero-order valence-corrected chi connectivity index (χ0v) is 18.4. The van der Waals surface area contributed by atoms with Crippen LogP contribution in [-0.4, -0.2) is 8.97 Å². The molecule has 3 aromatic carbocycles. The number of para-hydroxylation sites is 1. The number of rotatable bonds is 3. The minimum atomic E-state index is 0.00977. The molecule has 5 heteroatoms. The molecule has 5 rings (SSSR count). The third kappa shape index (κ3) is 3.02. The topological polar surface area (TPSA) is 26.4 Å². The van der Waals surface area contributed by atoms with Gasteiger partial charge < -0.3 is 0 Å². The number of benzene rings is 3. The standard InChI is InChI=1S/C25H20N2OS2/c1-16-8-7-11-18(14-16)22-23-26(15-19-10-4-3-9-17(19)2)24(28)20-12-5-6-13-21(20)27(23)25(29)30-22/h3-14H,15H2,1-2H3. The lowest BCUT2D eigenvalue weighted by atomic mass is 10.1. The number of aromatic nitrogens is 2. The van der Waals surface area contributed by atoms with E-state index in [2.05, 4.69) is 54.6 Å². The summed E-state index contributed by atoms with van der Waals surface area (Å²) in [5, 5.41) is 0.684. The zero-order chi connectivity index (χ0) is 20.8. The predicted octanol–water partition coefficient (Wildman–Crippen LogP) is 6.38. The molecule has 0 radical (unpaired) electrons. The fourth-order valence-electron chi connectivity index (χ4n) is 3.99. The summed E-state index contributed by atoms with van der Waals surface area (Å²) in [4.78, 5) is 14.7. The number of thiazole rings is 1. The van der Waals surface area contributed by atoms with E-state index in [1.807, 2.05) is 41.0 Å². The van der Waals surface area contributed by atoms with Gasteiger partial charge in [-0.15, -0.1) is 11.3 Å². The van der Waals surface area contributed by atoms with Gasteiger partial charge in [0.05, 0.1) is 22.3 Å². The summed E-state index contributed by atoms with van der Waals surface area (Å²) in [7, 11) is 0. The molecule has 0 bridgehead atoms. The van der Waals surface area contributed by atoms with Gasteiger partial charge in [0.1, 0.15) is 5.65 Å². The van der Waals surface area contributed by atoms with Crippen LogP contribution in [0.3, 0.4) is 0 Å². The monoisotopic (exact) mass is 428 g/mol. The molecule has 0 aliphatic heterocycles. The molecule has 0 fully saturated rings. The van der Waals surface area contributed by atoms with Crippen molar-refractivity contribution in [3.63, 3.8) is 0 Å². The normalized spacial score (nSPS) is 11.4. The SMILES string of the molecule is Cc1cccc(-c2sc(=S)n3c4ccccc4c(=O)n(Cc4ccccc4C)c23)c1. The highest BCUT2D eigenvalue weighted by atomic mass is 32.1. The van der Waals surface area contributed by atoms with Gasteiger partial charge in [0.15, 0.2) is 3.95 Å². The Morgan fingerprint density at radius 3 is 2.50 bits per heavy atom. The molecular weight excluding hydrogens is 408 g/mol. The lowest BCUT2D eigenvalue weighted by Gasteiger charge is -2.15. The Bertz CT molecular complexity index is 1540. The minimum absolute atomic E-state index is 0.00977. The molecule has 3 nitrogen and oxygen atoms in total. The first-order valence-electron chi connectivity index (χ1n) is 9.83.